The van der Waals surface area contributed by atoms with Crippen LogP contribution in [-0.4, -0.2) is 34.5 Å². The third kappa shape index (κ3) is 4.92. The molecule has 4 aromatic rings. The van der Waals surface area contributed by atoms with E-state index >= 15 is 0 Å². The average molecular weight is 455 g/mol. The van der Waals surface area contributed by atoms with Crippen molar-refractivity contribution in [2.24, 2.45) is 0 Å². The van der Waals surface area contributed by atoms with Gasteiger partial charge in [-0.05, 0) is 68.4 Å². The van der Waals surface area contributed by atoms with Crippen molar-refractivity contribution in [1.82, 2.24) is 19.8 Å². The van der Waals surface area contributed by atoms with Gasteiger partial charge in [0.1, 0.15) is 5.69 Å². The van der Waals surface area contributed by atoms with Gasteiger partial charge in [-0.3, -0.25) is 9.59 Å². The van der Waals surface area contributed by atoms with Crippen molar-refractivity contribution in [3.8, 4) is 11.1 Å². The topological polar surface area (TPSA) is 67.2 Å². The maximum absolute atomic E-state index is 13.0. The summed E-state index contributed by atoms with van der Waals surface area (Å²) in [5.41, 5.74) is 6.75. The fraction of sp³-hybridized carbons (Fsp3) is 0.250. The normalized spacial score (nSPS) is 11.2. The predicted octanol–water partition coefficient (Wildman–Crippen LogP) is 4.38. The molecule has 0 saturated carbocycles. The Morgan fingerprint density at radius 3 is 2.47 bits per heavy atom. The zero-order chi connectivity index (χ0) is 24.2. The van der Waals surface area contributed by atoms with Gasteiger partial charge in [-0.15, -0.1) is 0 Å². The molecular formula is C28H30N4O2. The van der Waals surface area contributed by atoms with Crippen molar-refractivity contribution < 1.29 is 4.79 Å². The molecule has 6 nitrogen and oxygen atoms in total. The van der Waals surface area contributed by atoms with Crippen LogP contribution in [0, 0.1) is 6.92 Å². The van der Waals surface area contributed by atoms with Gasteiger partial charge in [0, 0.05) is 25.2 Å². The highest BCUT2D eigenvalue weighted by Gasteiger charge is 2.12. The summed E-state index contributed by atoms with van der Waals surface area (Å²) in [7, 11) is 4.11. The van der Waals surface area contributed by atoms with Crippen LogP contribution in [0.4, 0.5) is 0 Å². The summed E-state index contributed by atoms with van der Waals surface area (Å²) in [5.74, 6) is -0.174. The van der Waals surface area contributed by atoms with Crippen LogP contribution in [0.2, 0.25) is 0 Å². The van der Waals surface area contributed by atoms with E-state index in [2.05, 4.69) is 59.6 Å². The van der Waals surface area contributed by atoms with Gasteiger partial charge in [-0.25, -0.2) is 4.98 Å². The molecule has 1 heterocycles. The summed E-state index contributed by atoms with van der Waals surface area (Å²) in [5, 5.41) is 3.04. The van der Waals surface area contributed by atoms with Gasteiger partial charge in [0.25, 0.3) is 11.5 Å². The smallest absolute Gasteiger partial charge is 0.272 e. The average Bonchev–Trinajstić information content (AvgIpc) is 2.83. The minimum atomic E-state index is -0.174. The first-order valence-electron chi connectivity index (χ1n) is 11.5. The van der Waals surface area contributed by atoms with E-state index in [0.29, 0.717) is 29.9 Å². The summed E-state index contributed by atoms with van der Waals surface area (Å²) < 4.78 is 1.68. The first-order valence-corrected chi connectivity index (χ1v) is 11.5. The number of aryl methyl sites for hydroxylation is 2. The van der Waals surface area contributed by atoms with Gasteiger partial charge >= 0.3 is 0 Å². The van der Waals surface area contributed by atoms with E-state index in [1.54, 1.807) is 29.7 Å². The molecule has 0 aliphatic heterocycles. The van der Waals surface area contributed by atoms with E-state index in [1.165, 1.54) is 5.56 Å². The molecule has 0 fully saturated rings. The number of carbonyl (C=O) groups is 1. The van der Waals surface area contributed by atoms with Gasteiger partial charge < -0.3 is 14.8 Å². The third-order valence-electron chi connectivity index (χ3n) is 5.91. The molecule has 3 aromatic carbocycles. The van der Waals surface area contributed by atoms with Crippen molar-refractivity contribution in [3.05, 3.63) is 99.5 Å². The SMILES string of the molecule is CCn1c(=O)c(C)nc2cc(C(=O)NCc3ccccc3-c3ccc(CN(C)C)cc3)ccc21. The predicted molar refractivity (Wildman–Crippen MR) is 137 cm³/mol. The maximum atomic E-state index is 13.0. The molecule has 34 heavy (non-hydrogen) atoms. The number of nitrogens with one attached hydrogen (secondary N) is 1. The highest BCUT2D eigenvalue weighted by Crippen LogP contribution is 2.24. The van der Waals surface area contributed by atoms with Crippen LogP contribution in [0.3, 0.4) is 0 Å². The molecule has 0 aliphatic carbocycles. The lowest BCUT2D eigenvalue weighted by molar-refractivity contribution is 0.0951. The monoisotopic (exact) mass is 454 g/mol. The molecule has 0 spiro atoms. The van der Waals surface area contributed by atoms with Crippen LogP contribution in [0.25, 0.3) is 22.2 Å². The fourth-order valence-electron chi connectivity index (χ4n) is 4.22. The Bertz CT molecular complexity index is 1390. The molecule has 0 bridgehead atoms. The van der Waals surface area contributed by atoms with E-state index in [9.17, 15) is 9.59 Å². The number of amides is 1. The lowest BCUT2D eigenvalue weighted by atomic mass is 9.98. The lowest BCUT2D eigenvalue weighted by Gasteiger charge is -2.13. The second-order valence-electron chi connectivity index (χ2n) is 8.72. The van der Waals surface area contributed by atoms with Crippen molar-refractivity contribution >= 4 is 16.9 Å². The van der Waals surface area contributed by atoms with Crippen LogP contribution in [-0.2, 0) is 19.6 Å². The van der Waals surface area contributed by atoms with E-state index in [1.807, 2.05) is 25.1 Å². The van der Waals surface area contributed by atoms with E-state index < -0.39 is 0 Å². The van der Waals surface area contributed by atoms with Crippen LogP contribution in [0.15, 0.2) is 71.5 Å². The highest BCUT2D eigenvalue weighted by atomic mass is 16.1. The maximum Gasteiger partial charge on any atom is 0.272 e. The number of fused-ring (bicyclic) bond motifs is 1. The summed E-state index contributed by atoms with van der Waals surface area (Å²) in [4.78, 5) is 31.8. The molecule has 0 aliphatic rings. The molecule has 174 valence electrons. The first kappa shape index (κ1) is 23.4. The van der Waals surface area contributed by atoms with E-state index in [-0.39, 0.29) is 11.5 Å². The Morgan fingerprint density at radius 1 is 1.03 bits per heavy atom. The largest absolute Gasteiger partial charge is 0.348 e. The van der Waals surface area contributed by atoms with Crippen molar-refractivity contribution in [2.45, 2.75) is 33.5 Å². The van der Waals surface area contributed by atoms with Crippen LogP contribution in [0.1, 0.15) is 34.1 Å². The number of nitrogens with zero attached hydrogens (tertiary/aromatic N) is 3. The van der Waals surface area contributed by atoms with Gasteiger partial charge in [-0.2, -0.15) is 0 Å². The molecule has 1 N–H and O–H groups in total. The Balaban J connectivity index is 1.54. The van der Waals surface area contributed by atoms with Crippen LogP contribution in [0.5, 0.6) is 0 Å². The van der Waals surface area contributed by atoms with Gasteiger partial charge in [-0.1, -0.05) is 48.5 Å². The molecule has 0 saturated heterocycles. The second-order valence-corrected chi connectivity index (χ2v) is 8.72. The highest BCUT2D eigenvalue weighted by molar-refractivity contribution is 5.97. The Morgan fingerprint density at radius 2 is 1.76 bits per heavy atom. The third-order valence-corrected chi connectivity index (χ3v) is 5.91. The summed E-state index contributed by atoms with van der Waals surface area (Å²) >= 11 is 0. The van der Waals surface area contributed by atoms with E-state index in [4.69, 9.17) is 0 Å². The number of benzene rings is 3. The molecular weight excluding hydrogens is 424 g/mol. The first-order chi connectivity index (χ1) is 16.4. The summed E-state index contributed by atoms with van der Waals surface area (Å²) in [6, 6.07) is 21.9. The number of aromatic nitrogens is 2. The van der Waals surface area contributed by atoms with Crippen molar-refractivity contribution in [2.75, 3.05) is 14.1 Å². The van der Waals surface area contributed by atoms with Crippen LogP contribution >= 0.6 is 0 Å². The van der Waals surface area contributed by atoms with Crippen molar-refractivity contribution in [3.63, 3.8) is 0 Å². The molecule has 1 amide bonds. The molecule has 4 rings (SSSR count). The number of hydrogen-bond donors (Lipinski definition) is 1. The van der Waals surface area contributed by atoms with Crippen LogP contribution < -0.4 is 10.9 Å². The standard InChI is InChI=1S/C28H30N4O2/c1-5-32-26-15-14-22(16-25(26)30-19(2)28(32)34)27(33)29-17-23-8-6-7-9-24(23)21-12-10-20(11-13-21)18-31(3)4/h6-16H,5,17-18H2,1-4H3,(H,29,33). The quantitative estimate of drug-likeness (QED) is 0.450. The zero-order valence-corrected chi connectivity index (χ0v) is 20.1. The molecule has 0 unspecified atom stereocenters. The number of carbonyl (C=O) groups excluding carboxylic acids is 1. The Hall–Kier alpha value is -3.77. The summed E-state index contributed by atoms with van der Waals surface area (Å²) in [6.07, 6.45) is 0. The molecule has 6 heteroatoms. The molecule has 1 aromatic heterocycles. The second kappa shape index (κ2) is 10.0. The minimum Gasteiger partial charge on any atom is -0.348 e. The van der Waals surface area contributed by atoms with Crippen molar-refractivity contribution in [1.29, 1.82) is 0 Å². The number of rotatable bonds is 7. The molecule has 0 atom stereocenters. The fourth-order valence-corrected chi connectivity index (χ4v) is 4.22. The van der Waals surface area contributed by atoms with Gasteiger partial charge in [0.2, 0.25) is 0 Å². The zero-order valence-electron chi connectivity index (χ0n) is 20.1. The minimum absolute atomic E-state index is 0.0986. The number of hydrogen-bond acceptors (Lipinski definition) is 4. The Labute approximate surface area is 199 Å². The van der Waals surface area contributed by atoms with Gasteiger partial charge in [0.05, 0.1) is 11.0 Å². The summed E-state index contributed by atoms with van der Waals surface area (Å²) in [6.45, 7) is 5.48. The van der Waals surface area contributed by atoms with Gasteiger partial charge in [0.15, 0.2) is 0 Å². The van der Waals surface area contributed by atoms with E-state index in [0.717, 1.165) is 28.8 Å². The Kier molecular flexibility index (Phi) is 6.89. The lowest BCUT2D eigenvalue weighted by Crippen LogP contribution is -2.25. The molecule has 0 radical (unpaired) electrons.